The number of hydrogen-bond acceptors (Lipinski definition) is 4. The quantitative estimate of drug-likeness (QED) is 0.807. The van der Waals surface area contributed by atoms with Gasteiger partial charge in [-0.05, 0) is 62.2 Å². The second kappa shape index (κ2) is 7.84. The van der Waals surface area contributed by atoms with Gasteiger partial charge in [-0.3, -0.25) is 4.79 Å². The summed E-state index contributed by atoms with van der Waals surface area (Å²) in [5, 5.41) is 2.53. The Morgan fingerprint density at radius 3 is 2.42 bits per heavy atom. The fraction of sp³-hybridized carbons (Fsp3) is 0.278. The van der Waals surface area contributed by atoms with Gasteiger partial charge in [-0.1, -0.05) is 6.07 Å². The van der Waals surface area contributed by atoms with Crippen LogP contribution in [0.3, 0.4) is 0 Å². The molecule has 2 N–H and O–H groups in total. The Kier molecular flexibility index (Phi) is 5.99. The van der Waals surface area contributed by atoms with E-state index >= 15 is 0 Å². The third kappa shape index (κ3) is 4.59. The van der Waals surface area contributed by atoms with Gasteiger partial charge in [0.2, 0.25) is 15.9 Å². The number of hydrogen-bond donors (Lipinski definition) is 2. The second-order valence-electron chi connectivity index (χ2n) is 5.92. The molecule has 140 valence electrons. The van der Waals surface area contributed by atoms with Crippen LogP contribution in [0.2, 0.25) is 0 Å². The van der Waals surface area contributed by atoms with Crippen molar-refractivity contribution in [1.82, 2.24) is 4.72 Å². The molecule has 0 aliphatic heterocycles. The molecule has 2 rings (SSSR count). The van der Waals surface area contributed by atoms with Gasteiger partial charge in [0.15, 0.2) is 0 Å². The molecule has 0 aliphatic rings. The van der Waals surface area contributed by atoms with Gasteiger partial charge in [0, 0.05) is 5.69 Å². The van der Waals surface area contributed by atoms with Crippen molar-refractivity contribution in [2.75, 3.05) is 12.4 Å². The van der Waals surface area contributed by atoms with Crippen LogP contribution < -0.4 is 14.8 Å². The summed E-state index contributed by atoms with van der Waals surface area (Å²) in [6.07, 6.45) is 0. The van der Waals surface area contributed by atoms with Crippen molar-refractivity contribution in [2.45, 2.75) is 31.7 Å². The van der Waals surface area contributed by atoms with Crippen molar-refractivity contribution in [2.24, 2.45) is 0 Å². The van der Waals surface area contributed by atoms with Crippen LogP contribution in [0.25, 0.3) is 0 Å². The molecule has 0 heterocycles. The zero-order valence-corrected chi connectivity index (χ0v) is 15.8. The average Bonchev–Trinajstić information content (AvgIpc) is 2.57. The van der Waals surface area contributed by atoms with E-state index in [1.54, 1.807) is 19.9 Å². The zero-order valence-electron chi connectivity index (χ0n) is 15.0. The van der Waals surface area contributed by atoms with Crippen LogP contribution in [0.1, 0.15) is 18.1 Å². The number of rotatable bonds is 6. The summed E-state index contributed by atoms with van der Waals surface area (Å²) >= 11 is 0. The third-order valence-electron chi connectivity index (χ3n) is 3.86. The topological polar surface area (TPSA) is 84.5 Å². The van der Waals surface area contributed by atoms with Crippen molar-refractivity contribution in [3.05, 3.63) is 53.3 Å². The minimum Gasteiger partial charge on any atom is -0.496 e. The van der Waals surface area contributed by atoms with Gasteiger partial charge in [0.25, 0.3) is 0 Å². The second-order valence-corrected chi connectivity index (χ2v) is 7.64. The summed E-state index contributed by atoms with van der Waals surface area (Å²) in [6.45, 7) is 4.85. The molecule has 0 radical (unpaired) electrons. The molecule has 6 nitrogen and oxygen atoms in total. The number of methoxy groups -OCH3 is 1. The molecule has 0 spiro atoms. The maximum Gasteiger partial charge on any atom is 0.242 e. The number of nitrogens with one attached hydrogen (secondary N) is 2. The van der Waals surface area contributed by atoms with Crippen LogP contribution in [0, 0.1) is 19.7 Å². The molecule has 0 unspecified atom stereocenters. The summed E-state index contributed by atoms with van der Waals surface area (Å²) in [7, 11) is -2.41. The Bertz CT molecular complexity index is 929. The predicted molar refractivity (Wildman–Crippen MR) is 97.3 cm³/mol. The first-order valence-corrected chi connectivity index (χ1v) is 9.36. The smallest absolute Gasteiger partial charge is 0.242 e. The first-order valence-electron chi connectivity index (χ1n) is 7.88. The number of ether oxygens (including phenoxy) is 1. The van der Waals surface area contributed by atoms with Crippen LogP contribution in [0.4, 0.5) is 10.1 Å². The third-order valence-corrected chi connectivity index (χ3v) is 5.40. The van der Waals surface area contributed by atoms with Gasteiger partial charge in [-0.2, -0.15) is 4.72 Å². The van der Waals surface area contributed by atoms with Gasteiger partial charge < -0.3 is 10.1 Å². The van der Waals surface area contributed by atoms with E-state index in [-0.39, 0.29) is 4.90 Å². The van der Waals surface area contributed by atoms with Crippen LogP contribution in [-0.4, -0.2) is 27.5 Å². The Labute approximate surface area is 152 Å². The minimum absolute atomic E-state index is 0.0254. The normalized spacial score (nSPS) is 12.5. The number of benzene rings is 2. The molecule has 26 heavy (non-hydrogen) atoms. The van der Waals surface area contributed by atoms with Crippen molar-refractivity contribution < 1.29 is 22.3 Å². The highest BCUT2D eigenvalue weighted by Gasteiger charge is 2.23. The van der Waals surface area contributed by atoms with E-state index in [0.717, 1.165) is 0 Å². The summed E-state index contributed by atoms with van der Waals surface area (Å²) in [4.78, 5) is 12.3. The number of carbonyl (C=O) groups is 1. The number of sulfonamides is 1. The number of halogens is 1. The van der Waals surface area contributed by atoms with Crippen molar-refractivity contribution in [3.8, 4) is 5.75 Å². The fourth-order valence-corrected chi connectivity index (χ4v) is 3.63. The van der Waals surface area contributed by atoms with Crippen LogP contribution in [0.15, 0.2) is 41.3 Å². The number of carbonyl (C=O) groups excluding carboxylic acids is 1. The van der Waals surface area contributed by atoms with Crippen LogP contribution in [0.5, 0.6) is 5.75 Å². The first kappa shape index (κ1) is 19.9. The summed E-state index contributed by atoms with van der Waals surface area (Å²) in [6, 6.07) is 7.35. The number of aryl methyl sites for hydroxylation is 2. The highest BCUT2D eigenvalue weighted by molar-refractivity contribution is 7.89. The SMILES string of the molecule is COc1ccc(S(=O)(=O)N[C@@H](C)C(=O)Nc2cc(F)ccc2C)cc1C. The van der Waals surface area contributed by atoms with E-state index in [9.17, 15) is 17.6 Å². The van der Waals surface area contributed by atoms with Gasteiger partial charge in [-0.15, -0.1) is 0 Å². The number of amides is 1. The Hall–Kier alpha value is -2.45. The van der Waals surface area contributed by atoms with Crippen molar-refractivity contribution in [1.29, 1.82) is 0 Å². The molecule has 0 fully saturated rings. The minimum atomic E-state index is -3.90. The van der Waals surface area contributed by atoms with Crippen LogP contribution in [-0.2, 0) is 14.8 Å². The molecule has 8 heteroatoms. The van der Waals surface area contributed by atoms with E-state index in [2.05, 4.69) is 10.0 Å². The highest BCUT2D eigenvalue weighted by Crippen LogP contribution is 2.21. The lowest BCUT2D eigenvalue weighted by Crippen LogP contribution is -2.41. The van der Waals surface area contributed by atoms with Gasteiger partial charge >= 0.3 is 0 Å². The summed E-state index contributed by atoms with van der Waals surface area (Å²) in [5.41, 5.74) is 1.62. The zero-order chi connectivity index (χ0) is 19.5. The molecule has 0 aliphatic carbocycles. The Morgan fingerprint density at radius 2 is 1.81 bits per heavy atom. The molecule has 1 atom stereocenters. The maximum absolute atomic E-state index is 13.3. The molecule has 2 aromatic rings. The molecule has 0 aromatic heterocycles. The van der Waals surface area contributed by atoms with E-state index in [0.29, 0.717) is 22.6 Å². The fourth-order valence-electron chi connectivity index (χ4n) is 2.34. The molecular formula is C18H21FN2O4S. The van der Waals surface area contributed by atoms with Crippen molar-refractivity contribution in [3.63, 3.8) is 0 Å². The van der Waals surface area contributed by atoms with E-state index < -0.39 is 27.8 Å². The summed E-state index contributed by atoms with van der Waals surface area (Å²) in [5.74, 6) is -0.517. The molecule has 1 amide bonds. The molecular weight excluding hydrogens is 359 g/mol. The molecule has 0 bridgehead atoms. The number of anilines is 1. The Morgan fingerprint density at radius 1 is 1.12 bits per heavy atom. The van der Waals surface area contributed by atoms with E-state index in [1.165, 1.54) is 44.4 Å². The van der Waals surface area contributed by atoms with Gasteiger partial charge in [0.1, 0.15) is 11.6 Å². The monoisotopic (exact) mass is 380 g/mol. The van der Waals surface area contributed by atoms with Crippen LogP contribution >= 0.6 is 0 Å². The van der Waals surface area contributed by atoms with Crippen molar-refractivity contribution >= 4 is 21.6 Å². The Balaban J connectivity index is 2.14. The van der Waals surface area contributed by atoms with Gasteiger partial charge in [0.05, 0.1) is 18.0 Å². The van der Waals surface area contributed by atoms with E-state index in [1.807, 2.05) is 0 Å². The predicted octanol–water partition coefficient (Wildman–Crippen LogP) is 2.76. The molecule has 2 aromatic carbocycles. The molecule has 0 saturated heterocycles. The highest BCUT2D eigenvalue weighted by atomic mass is 32.2. The largest absolute Gasteiger partial charge is 0.496 e. The van der Waals surface area contributed by atoms with Gasteiger partial charge in [-0.25, -0.2) is 12.8 Å². The maximum atomic E-state index is 13.3. The lowest BCUT2D eigenvalue weighted by Gasteiger charge is -2.16. The lowest BCUT2D eigenvalue weighted by molar-refractivity contribution is -0.117. The average molecular weight is 380 g/mol. The van der Waals surface area contributed by atoms with E-state index in [4.69, 9.17) is 4.74 Å². The lowest BCUT2D eigenvalue weighted by atomic mass is 10.2. The first-order chi connectivity index (χ1) is 12.1. The molecule has 0 saturated carbocycles. The summed E-state index contributed by atoms with van der Waals surface area (Å²) < 4.78 is 45.7. The standard InChI is InChI=1S/C18H21FN2O4S/c1-11-5-6-14(19)10-16(11)20-18(22)13(3)21-26(23,24)15-7-8-17(25-4)12(2)9-15/h5-10,13,21H,1-4H3,(H,20,22)/t13-/m0/s1.